The van der Waals surface area contributed by atoms with Gasteiger partial charge in [0.2, 0.25) is 5.79 Å². The molecule has 5 rings (SSSR count). The van der Waals surface area contributed by atoms with Crippen LogP contribution in [0, 0.1) is 17.8 Å². The summed E-state index contributed by atoms with van der Waals surface area (Å²) in [5, 5.41) is 9.83. The van der Waals surface area contributed by atoms with Crippen LogP contribution in [0.25, 0.3) is 0 Å². The van der Waals surface area contributed by atoms with Crippen LogP contribution in [0.4, 0.5) is 0 Å². The maximum Gasteiger partial charge on any atom is 0.201 e. The van der Waals surface area contributed by atoms with Crippen molar-refractivity contribution in [3.05, 3.63) is 0 Å². The minimum absolute atomic E-state index is 0.0134. The molecular weight excluding hydrogens is 260 g/mol. The van der Waals surface area contributed by atoms with Gasteiger partial charge in [-0.1, -0.05) is 6.92 Å². The largest absolute Gasteiger partial charge is 0.393 e. The molecule has 2 bridgehead atoms. The average Bonchev–Trinajstić information content (AvgIpc) is 2.51. The summed E-state index contributed by atoms with van der Waals surface area (Å²) in [6.45, 7) is 6.15. The van der Waals surface area contributed by atoms with E-state index in [-0.39, 0.29) is 12.5 Å². The number of hydrogen-bond acceptors (Lipinski definition) is 5. The molecule has 1 aliphatic carbocycles. The highest BCUT2D eigenvalue weighted by molar-refractivity contribution is 5.14. The summed E-state index contributed by atoms with van der Waals surface area (Å²) >= 11 is 0. The van der Waals surface area contributed by atoms with E-state index in [2.05, 4.69) is 6.92 Å². The monoisotopic (exact) mass is 284 g/mol. The first-order chi connectivity index (χ1) is 9.44. The van der Waals surface area contributed by atoms with Crippen LogP contribution in [-0.4, -0.2) is 35.0 Å². The van der Waals surface area contributed by atoms with Gasteiger partial charge in [0.05, 0.1) is 12.2 Å². The normalized spacial score (nSPS) is 61.2. The Morgan fingerprint density at radius 1 is 1.10 bits per heavy atom. The third-order valence-electron chi connectivity index (χ3n) is 6.15. The van der Waals surface area contributed by atoms with Crippen molar-refractivity contribution >= 4 is 0 Å². The first-order valence-electron chi connectivity index (χ1n) is 7.77. The van der Waals surface area contributed by atoms with Gasteiger partial charge in [0.1, 0.15) is 0 Å². The topological polar surface area (TPSA) is 57.2 Å². The summed E-state index contributed by atoms with van der Waals surface area (Å²) in [6, 6.07) is 0. The number of aliphatic hydroxyl groups excluding tert-OH is 1. The van der Waals surface area contributed by atoms with Crippen LogP contribution < -0.4 is 0 Å². The molecule has 4 saturated heterocycles. The zero-order valence-corrected chi connectivity index (χ0v) is 12.4. The summed E-state index contributed by atoms with van der Waals surface area (Å²) in [7, 11) is 0. The van der Waals surface area contributed by atoms with E-state index in [0.717, 1.165) is 25.7 Å². The van der Waals surface area contributed by atoms with Gasteiger partial charge in [0.15, 0.2) is 11.9 Å². The van der Waals surface area contributed by atoms with Crippen molar-refractivity contribution in [3.8, 4) is 0 Å². The maximum atomic E-state index is 9.83. The highest BCUT2D eigenvalue weighted by Gasteiger charge is 2.73. The van der Waals surface area contributed by atoms with Gasteiger partial charge >= 0.3 is 0 Å². The molecule has 1 spiro atoms. The van der Waals surface area contributed by atoms with Gasteiger partial charge in [0, 0.05) is 12.3 Å². The lowest BCUT2D eigenvalue weighted by Crippen LogP contribution is -2.62. The third-order valence-corrected chi connectivity index (χ3v) is 6.15. The van der Waals surface area contributed by atoms with Gasteiger partial charge < -0.3 is 14.6 Å². The van der Waals surface area contributed by atoms with E-state index in [1.807, 2.05) is 13.8 Å². The fourth-order valence-corrected chi connectivity index (χ4v) is 4.96. The fourth-order valence-electron chi connectivity index (χ4n) is 4.96. The average molecular weight is 284 g/mol. The predicted molar refractivity (Wildman–Crippen MR) is 69.4 cm³/mol. The molecule has 5 nitrogen and oxygen atoms in total. The molecule has 1 unspecified atom stereocenters. The summed E-state index contributed by atoms with van der Waals surface area (Å²) in [5.74, 6) is 0.321. The van der Waals surface area contributed by atoms with Crippen LogP contribution in [0.5, 0.6) is 0 Å². The van der Waals surface area contributed by atoms with Gasteiger partial charge in [0.25, 0.3) is 0 Å². The lowest BCUT2D eigenvalue weighted by molar-refractivity contribution is -0.541. The number of ether oxygens (including phenoxy) is 2. The van der Waals surface area contributed by atoms with Gasteiger partial charge in [-0.15, -0.1) is 0 Å². The van der Waals surface area contributed by atoms with Crippen LogP contribution >= 0.6 is 0 Å². The lowest BCUT2D eigenvalue weighted by atomic mass is 9.60. The van der Waals surface area contributed by atoms with Gasteiger partial charge in [-0.05, 0) is 44.9 Å². The van der Waals surface area contributed by atoms with E-state index in [9.17, 15) is 5.11 Å². The Kier molecular flexibility index (Phi) is 2.66. The Bertz CT molecular complexity index is 428. The zero-order valence-electron chi connectivity index (χ0n) is 12.4. The molecule has 7 atom stereocenters. The molecule has 0 aromatic rings. The Balaban J connectivity index is 1.84. The summed E-state index contributed by atoms with van der Waals surface area (Å²) in [6.07, 6.45) is 3.54. The number of rotatable bonds is 1. The van der Waals surface area contributed by atoms with E-state index >= 15 is 0 Å². The second-order valence-electron chi connectivity index (χ2n) is 7.44. The molecule has 20 heavy (non-hydrogen) atoms. The molecule has 0 aromatic carbocycles. The van der Waals surface area contributed by atoms with Crippen molar-refractivity contribution in [2.45, 2.75) is 69.7 Å². The molecule has 0 aromatic heterocycles. The second-order valence-corrected chi connectivity index (χ2v) is 7.44. The Labute approximate surface area is 119 Å². The maximum absolute atomic E-state index is 9.83. The molecule has 4 heterocycles. The SMILES string of the molecule is C[C@@H]1CCC2[C@]34OO[C@](C)(CC[C@@H]13)O[C@H]4O[C@]2(C)CO. The summed E-state index contributed by atoms with van der Waals surface area (Å²) < 4.78 is 12.3. The number of fused-ring (bicyclic) bond motifs is 2. The van der Waals surface area contributed by atoms with Crippen LogP contribution in [0.15, 0.2) is 0 Å². The van der Waals surface area contributed by atoms with Gasteiger partial charge in [-0.25, -0.2) is 9.78 Å². The van der Waals surface area contributed by atoms with Crippen molar-refractivity contribution in [2.75, 3.05) is 6.61 Å². The van der Waals surface area contributed by atoms with Crippen LogP contribution in [-0.2, 0) is 19.2 Å². The van der Waals surface area contributed by atoms with E-state index in [1.165, 1.54) is 0 Å². The van der Waals surface area contributed by atoms with Crippen molar-refractivity contribution in [3.63, 3.8) is 0 Å². The first kappa shape index (κ1) is 13.5. The molecule has 0 radical (unpaired) electrons. The van der Waals surface area contributed by atoms with E-state index in [0.29, 0.717) is 11.8 Å². The quantitative estimate of drug-likeness (QED) is 0.746. The third kappa shape index (κ3) is 1.45. The van der Waals surface area contributed by atoms with Crippen molar-refractivity contribution in [1.82, 2.24) is 0 Å². The van der Waals surface area contributed by atoms with Crippen LogP contribution in [0.2, 0.25) is 0 Å². The van der Waals surface area contributed by atoms with Gasteiger partial charge in [-0.2, -0.15) is 0 Å². The highest BCUT2D eigenvalue weighted by Crippen LogP contribution is 2.63. The molecule has 5 aliphatic rings. The Morgan fingerprint density at radius 2 is 1.90 bits per heavy atom. The van der Waals surface area contributed by atoms with Crippen molar-refractivity contribution in [1.29, 1.82) is 0 Å². The van der Waals surface area contributed by atoms with Crippen molar-refractivity contribution < 1.29 is 24.4 Å². The van der Waals surface area contributed by atoms with Crippen LogP contribution in [0.1, 0.15) is 46.5 Å². The summed E-state index contributed by atoms with van der Waals surface area (Å²) in [5.41, 5.74) is -1.15. The van der Waals surface area contributed by atoms with Crippen LogP contribution in [0.3, 0.4) is 0 Å². The predicted octanol–water partition coefficient (Wildman–Crippen LogP) is 1.98. The molecule has 4 aliphatic heterocycles. The van der Waals surface area contributed by atoms with Crippen molar-refractivity contribution in [2.24, 2.45) is 17.8 Å². The Morgan fingerprint density at radius 3 is 2.65 bits per heavy atom. The number of hydrogen-bond donors (Lipinski definition) is 1. The van der Waals surface area contributed by atoms with E-state index < -0.39 is 23.3 Å². The number of aliphatic hydroxyl groups is 1. The minimum atomic E-state index is -0.724. The molecule has 5 heteroatoms. The Hall–Kier alpha value is -0.200. The minimum Gasteiger partial charge on any atom is -0.393 e. The van der Waals surface area contributed by atoms with E-state index in [4.69, 9.17) is 19.2 Å². The molecule has 0 amide bonds. The second kappa shape index (κ2) is 3.96. The smallest absolute Gasteiger partial charge is 0.201 e. The molecule has 114 valence electrons. The van der Waals surface area contributed by atoms with Gasteiger partial charge in [-0.3, -0.25) is 0 Å². The first-order valence-corrected chi connectivity index (χ1v) is 7.77. The van der Waals surface area contributed by atoms with E-state index in [1.54, 1.807) is 0 Å². The molecular formula is C15H24O5. The standard InChI is InChI=1S/C15H24O5/c1-9-4-5-11-13(2,8-16)17-12-15(11)10(9)6-7-14(3,18-12)19-20-15/h9-12,16H,4-8H2,1-3H3/t9-,10+,11?,12-,13-,14-,15-/m1/s1. The highest BCUT2D eigenvalue weighted by atomic mass is 17.3. The molecule has 5 fully saturated rings. The fraction of sp³-hybridized carbons (Fsp3) is 1.00. The zero-order chi connectivity index (χ0) is 14.2. The lowest BCUT2D eigenvalue weighted by Gasteiger charge is -2.50. The molecule has 1 N–H and O–H groups in total. The summed E-state index contributed by atoms with van der Waals surface area (Å²) in [4.78, 5) is 11.6. The molecule has 1 saturated carbocycles.